The van der Waals surface area contributed by atoms with E-state index in [2.05, 4.69) is 6.92 Å². The van der Waals surface area contributed by atoms with Gasteiger partial charge in [0.25, 0.3) is 0 Å². The molecule has 0 saturated carbocycles. The Morgan fingerprint density at radius 1 is 1.20 bits per heavy atom. The van der Waals surface area contributed by atoms with E-state index in [0.717, 1.165) is 32.1 Å². The average Bonchev–Trinajstić information content (AvgIpc) is 2.15. The first-order valence-electron chi connectivity index (χ1n) is 5.64. The molecule has 1 atom stereocenters. The summed E-state index contributed by atoms with van der Waals surface area (Å²) >= 11 is 0. The maximum Gasteiger partial charge on any atom is 0.303 e. The number of carboxylic acids is 1. The van der Waals surface area contributed by atoms with Crippen LogP contribution in [0.5, 0.6) is 0 Å². The van der Waals surface area contributed by atoms with E-state index in [1.807, 2.05) is 0 Å². The minimum atomic E-state index is -0.682. The highest BCUT2D eigenvalue weighted by atomic mass is 35.5. The minimum Gasteiger partial charge on any atom is -0.481 e. The third-order valence-corrected chi connectivity index (χ3v) is 2.49. The molecule has 0 aromatic heterocycles. The van der Waals surface area contributed by atoms with Gasteiger partial charge in [-0.3, -0.25) is 4.79 Å². The average molecular weight is 238 g/mol. The van der Waals surface area contributed by atoms with E-state index in [4.69, 9.17) is 10.8 Å². The van der Waals surface area contributed by atoms with Gasteiger partial charge < -0.3 is 10.8 Å². The molecule has 4 heteroatoms. The summed E-state index contributed by atoms with van der Waals surface area (Å²) in [6.45, 7) is 2.11. The lowest BCUT2D eigenvalue weighted by molar-refractivity contribution is -0.137. The summed E-state index contributed by atoms with van der Waals surface area (Å²) in [6.07, 6.45) is 7.84. The molecular formula is C11H24ClNO2. The lowest BCUT2D eigenvalue weighted by atomic mass is 10.0. The molecule has 0 aliphatic carbocycles. The molecule has 3 nitrogen and oxygen atoms in total. The van der Waals surface area contributed by atoms with Crippen molar-refractivity contribution in [1.82, 2.24) is 0 Å². The molecule has 0 radical (unpaired) electrons. The van der Waals surface area contributed by atoms with Crippen molar-refractivity contribution in [2.24, 2.45) is 5.73 Å². The van der Waals surface area contributed by atoms with Gasteiger partial charge in [-0.1, -0.05) is 32.6 Å². The fraction of sp³-hybridized carbons (Fsp3) is 0.909. The first kappa shape index (κ1) is 17.1. The zero-order valence-electron chi connectivity index (χ0n) is 9.58. The Hall–Kier alpha value is -0.280. The van der Waals surface area contributed by atoms with E-state index in [9.17, 15) is 4.79 Å². The van der Waals surface area contributed by atoms with Crippen LogP contribution < -0.4 is 5.73 Å². The SMILES string of the molecule is CCC(N)CCCCCCCC(=O)O.Cl. The van der Waals surface area contributed by atoms with Gasteiger partial charge in [0, 0.05) is 12.5 Å². The highest BCUT2D eigenvalue weighted by Gasteiger charge is 1.99. The first-order chi connectivity index (χ1) is 6.66. The summed E-state index contributed by atoms with van der Waals surface area (Å²) in [5, 5.41) is 8.40. The Morgan fingerprint density at radius 3 is 2.27 bits per heavy atom. The van der Waals surface area contributed by atoms with Crippen LogP contribution in [0.4, 0.5) is 0 Å². The molecule has 0 aromatic carbocycles. The number of nitrogens with two attached hydrogens (primary N) is 1. The predicted molar refractivity (Wildman–Crippen MR) is 65.5 cm³/mol. The number of halogens is 1. The van der Waals surface area contributed by atoms with Crippen LogP contribution in [0.3, 0.4) is 0 Å². The maximum absolute atomic E-state index is 10.2. The van der Waals surface area contributed by atoms with Gasteiger partial charge in [0.1, 0.15) is 0 Å². The van der Waals surface area contributed by atoms with Gasteiger partial charge in [-0.05, 0) is 19.3 Å². The van der Waals surface area contributed by atoms with Crippen LogP contribution in [0.1, 0.15) is 58.3 Å². The van der Waals surface area contributed by atoms with E-state index in [-0.39, 0.29) is 12.4 Å². The molecule has 15 heavy (non-hydrogen) atoms. The lowest BCUT2D eigenvalue weighted by Crippen LogP contribution is -2.17. The van der Waals surface area contributed by atoms with Crippen molar-refractivity contribution >= 4 is 18.4 Å². The molecule has 0 amide bonds. The maximum atomic E-state index is 10.2. The van der Waals surface area contributed by atoms with Crippen LogP contribution in [0.15, 0.2) is 0 Å². The molecule has 0 spiro atoms. The highest BCUT2D eigenvalue weighted by molar-refractivity contribution is 5.85. The third kappa shape index (κ3) is 13.7. The number of aliphatic carboxylic acids is 1. The monoisotopic (exact) mass is 237 g/mol. The Labute approximate surface area is 98.8 Å². The fourth-order valence-corrected chi connectivity index (χ4v) is 1.42. The van der Waals surface area contributed by atoms with E-state index in [1.54, 1.807) is 0 Å². The van der Waals surface area contributed by atoms with Crippen molar-refractivity contribution in [2.75, 3.05) is 0 Å². The van der Waals surface area contributed by atoms with Gasteiger partial charge >= 0.3 is 5.97 Å². The highest BCUT2D eigenvalue weighted by Crippen LogP contribution is 2.08. The van der Waals surface area contributed by atoms with Crippen molar-refractivity contribution in [2.45, 2.75) is 64.3 Å². The number of hydrogen-bond acceptors (Lipinski definition) is 2. The summed E-state index contributed by atoms with van der Waals surface area (Å²) in [7, 11) is 0. The van der Waals surface area contributed by atoms with E-state index < -0.39 is 5.97 Å². The predicted octanol–water partition coefficient (Wildman–Crippen LogP) is 2.96. The molecule has 0 aliphatic heterocycles. The molecule has 0 rings (SSSR count). The molecule has 0 heterocycles. The number of carbonyl (C=O) groups is 1. The summed E-state index contributed by atoms with van der Waals surface area (Å²) in [6, 6.07) is 0.356. The number of hydrogen-bond donors (Lipinski definition) is 2. The molecule has 0 aliphatic rings. The van der Waals surface area contributed by atoms with Gasteiger partial charge in [0.05, 0.1) is 0 Å². The Bertz CT molecular complexity index is 154. The zero-order valence-corrected chi connectivity index (χ0v) is 10.4. The van der Waals surface area contributed by atoms with Gasteiger partial charge in [-0.2, -0.15) is 0 Å². The molecule has 1 unspecified atom stereocenters. The van der Waals surface area contributed by atoms with E-state index in [1.165, 1.54) is 12.8 Å². The summed E-state index contributed by atoms with van der Waals surface area (Å²) in [5.41, 5.74) is 5.78. The van der Waals surface area contributed by atoms with Gasteiger partial charge in [-0.25, -0.2) is 0 Å². The normalized spacial score (nSPS) is 11.9. The summed E-state index contributed by atoms with van der Waals surface area (Å²) < 4.78 is 0. The zero-order chi connectivity index (χ0) is 10.8. The second-order valence-electron chi connectivity index (χ2n) is 3.87. The third-order valence-electron chi connectivity index (χ3n) is 2.49. The number of rotatable bonds is 9. The van der Waals surface area contributed by atoms with Gasteiger partial charge in [0.2, 0.25) is 0 Å². The second kappa shape index (κ2) is 11.8. The Morgan fingerprint density at radius 2 is 1.73 bits per heavy atom. The van der Waals surface area contributed by atoms with E-state index in [0.29, 0.717) is 12.5 Å². The largest absolute Gasteiger partial charge is 0.481 e. The van der Waals surface area contributed by atoms with Crippen LogP contribution in [0.2, 0.25) is 0 Å². The topological polar surface area (TPSA) is 63.3 Å². The molecule has 0 aromatic rings. The van der Waals surface area contributed by atoms with Crippen molar-refractivity contribution < 1.29 is 9.90 Å². The summed E-state index contributed by atoms with van der Waals surface area (Å²) in [4.78, 5) is 10.2. The van der Waals surface area contributed by atoms with Crippen LogP contribution >= 0.6 is 12.4 Å². The fourth-order valence-electron chi connectivity index (χ4n) is 1.42. The smallest absolute Gasteiger partial charge is 0.303 e. The lowest BCUT2D eigenvalue weighted by Gasteiger charge is -2.07. The van der Waals surface area contributed by atoms with Crippen molar-refractivity contribution in [1.29, 1.82) is 0 Å². The quantitative estimate of drug-likeness (QED) is 0.606. The molecule has 3 N–H and O–H groups in total. The Balaban J connectivity index is 0. The van der Waals surface area contributed by atoms with Crippen LogP contribution in [-0.2, 0) is 4.79 Å². The molecule has 0 saturated heterocycles. The minimum absolute atomic E-state index is 0. The number of carboxylic acid groups (broad SMARTS) is 1. The van der Waals surface area contributed by atoms with Crippen molar-refractivity contribution in [3.8, 4) is 0 Å². The second-order valence-corrected chi connectivity index (χ2v) is 3.87. The van der Waals surface area contributed by atoms with Crippen LogP contribution in [-0.4, -0.2) is 17.1 Å². The number of unbranched alkanes of at least 4 members (excludes halogenated alkanes) is 4. The molecule has 0 bridgehead atoms. The Kier molecular flexibility index (Phi) is 13.5. The van der Waals surface area contributed by atoms with Crippen LogP contribution in [0, 0.1) is 0 Å². The van der Waals surface area contributed by atoms with Crippen LogP contribution in [0.25, 0.3) is 0 Å². The van der Waals surface area contributed by atoms with E-state index >= 15 is 0 Å². The standard InChI is InChI=1S/C11H23NO2.ClH/c1-2-10(12)8-6-4-3-5-7-9-11(13)14;/h10H,2-9,12H2,1H3,(H,13,14);1H. The summed E-state index contributed by atoms with van der Waals surface area (Å²) in [5.74, 6) is -0.682. The molecule has 0 fully saturated rings. The van der Waals surface area contributed by atoms with Gasteiger partial charge in [-0.15, -0.1) is 12.4 Å². The van der Waals surface area contributed by atoms with Crippen molar-refractivity contribution in [3.63, 3.8) is 0 Å². The molecule has 92 valence electrons. The van der Waals surface area contributed by atoms with Gasteiger partial charge in [0.15, 0.2) is 0 Å². The first-order valence-corrected chi connectivity index (χ1v) is 5.64. The van der Waals surface area contributed by atoms with Crippen molar-refractivity contribution in [3.05, 3.63) is 0 Å². The molecular weight excluding hydrogens is 214 g/mol.